The molecule has 1 aromatic heterocycles. The molecule has 0 bridgehead atoms. The zero-order valence-electron chi connectivity index (χ0n) is 12.9. The quantitative estimate of drug-likeness (QED) is 0.837. The molecule has 1 aliphatic heterocycles. The molecule has 0 aromatic carbocycles. The van der Waals surface area contributed by atoms with Gasteiger partial charge in [-0.05, 0) is 32.8 Å². The minimum atomic E-state index is -0.488. The van der Waals surface area contributed by atoms with Gasteiger partial charge in [0.15, 0.2) is 0 Å². The lowest BCUT2D eigenvalue weighted by Crippen LogP contribution is -2.39. The van der Waals surface area contributed by atoms with Gasteiger partial charge in [-0.1, -0.05) is 6.08 Å². The van der Waals surface area contributed by atoms with Gasteiger partial charge in [0.05, 0.1) is 31.7 Å². The zero-order chi connectivity index (χ0) is 15.5. The smallest absolute Gasteiger partial charge is 0.410 e. The molecule has 2 rings (SSSR count). The lowest BCUT2D eigenvalue weighted by atomic mass is 10.1. The van der Waals surface area contributed by atoms with Gasteiger partial charge in [0.1, 0.15) is 5.60 Å². The molecule has 0 saturated heterocycles. The van der Waals surface area contributed by atoms with Crippen LogP contribution in [0.1, 0.15) is 32.9 Å². The molecule has 1 amide bonds. The van der Waals surface area contributed by atoms with E-state index in [0.29, 0.717) is 19.0 Å². The highest BCUT2D eigenvalue weighted by atomic mass is 16.6. The van der Waals surface area contributed by atoms with Crippen molar-refractivity contribution in [3.63, 3.8) is 0 Å². The molecule has 0 unspecified atom stereocenters. The zero-order valence-corrected chi connectivity index (χ0v) is 12.9. The van der Waals surface area contributed by atoms with Crippen LogP contribution in [-0.4, -0.2) is 46.8 Å². The molecule has 6 nitrogen and oxygen atoms in total. The van der Waals surface area contributed by atoms with Crippen LogP contribution in [0.15, 0.2) is 18.5 Å². The molecule has 0 aliphatic carbocycles. The van der Waals surface area contributed by atoms with Gasteiger partial charge in [-0.2, -0.15) is 0 Å². The summed E-state index contributed by atoms with van der Waals surface area (Å²) in [6.45, 7) is 6.72. The highest BCUT2D eigenvalue weighted by molar-refractivity contribution is 5.74. The van der Waals surface area contributed by atoms with E-state index < -0.39 is 5.60 Å². The highest BCUT2D eigenvalue weighted by Gasteiger charge is 2.25. The van der Waals surface area contributed by atoms with Crippen LogP contribution in [0.5, 0.6) is 5.88 Å². The van der Waals surface area contributed by atoms with Crippen LogP contribution in [0.3, 0.4) is 0 Å². The maximum atomic E-state index is 12.1. The predicted molar refractivity (Wildman–Crippen MR) is 79.0 cm³/mol. The monoisotopic (exact) mass is 291 g/mol. The summed E-state index contributed by atoms with van der Waals surface area (Å²) < 4.78 is 10.4. The van der Waals surface area contributed by atoms with Crippen LogP contribution in [0.4, 0.5) is 4.79 Å². The Kier molecular flexibility index (Phi) is 4.45. The van der Waals surface area contributed by atoms with Crippen molar-refractivity contribution in [1.29, 1.82) is 0 Å². The molecule has 0 saturated carbocycles. The van der Waals surface area contributed by atoms with Gasteiger partial charge < -0.3 is 14.4 Å². The molecule has 6 heteroatoms. The summed E-state index contributed by atoms with van der Waals surface area (Å²) in [5.74, 6) is 0.471. The lowest BCUT2D eigenvalue weighted by molar-refractivity contribution is 0.0273. The summed E-state index contributed by atoms with van der Waals surface area (Å²) in [7, 11) is 1.55. The number of carbonyl (C=O) groups excluding carboxylic acids is 1. The van der Waals surface area contributed by atoms with Gasteiger partial charge in [-0.25, -0.2) is 14.8 Å². The maximum Gasteiger partial charge on any atom is 0.410 e. The Morgan fingerprint density at radius 3 is 2.62 bits per heavy atom. The fourth-order valence-electron chi connectivity index (χ4n) is 2.00. The predicted octanol–water partition coefficient (Wildman–Crippen LogP) is 2.51. The van der Waals surface area contributed by atoms with Crippen LogP contribution >= 0.6 is 0 Å². The Hall–Kier alpha value is -2.11. The number of ether oxygens (including phenoxy) is 2. The number of hydrogen-bond donors (Lipinski definition) is 0. The molecular weight excluding hydrogens is 270 g/mol. The van der Waals surface area contributed by atoms with Crippen LogP contribution in [0, 0.1) is 0 Å². The molecule has 1 aliphatic rings. The van der Waals surface area contributed by atoms with E-state index in [0.717, 1.165) is 17.7 Å². The van der Waals surface area contributed by atoms with E-state index in [1.165, 1.54) is 0 Å². The average Bonchev–Trinajstić information content (AvgIpc) is 2.46. The molecule has 1 aromatic rings. The van der Waals surface area contributed by atoms with Crippen molar-refractivity contribution in [2.45, 2.75) is 32.8 Å². The Bertz CT molecular complexity index is 532. The second kappa shape index (κ2) is 6.11. The van der Waals surface area contributed by atoms with Crippen molar-refractivity contribution in [2.75, 3.05) is 20.2 Å². The van der Waals surface area contributed by atoms with Crippen LogP contribution < -0.4 is 4.74 Å². The first kappa shape index (κ1) is 15.3. The van der Waals surface area contributed by atoms with Gasteiger partial charge in [0.25, 0.3) is 0 Å². The van der Waals surface area contributed by atoms with E-state index in [1.54, 1.807) is 24.4 Å². The third-order valence-electron chi connectivity index (χ3n) is 2.97. The summed E-state index contributed by atoms with van der Waals surface area (Å²) in [5, 5.41) is 0. The van der Waals surface area contributed by atoms with Crippen molar-refractivity contribution < 1.29 is 14.3 Å². The first-order chi connectivity index (χ1) is 9.89. The Labute approximate surface area is 124 Å². The largest absolute Gasteiger partial charge is 0.480 e. The molecule has 21 heavy (non-hydrogen) atoms. The van der Waals surface area contributed by atoms with E-state index in [2.05, 4.69) is 16.0 Å². The third-order valence-corrected chi connectivity index (χ3v) is 2.97. The van der Waals surface area contributed by atoms with Crippen LogP contribution in [0.25, 0.3) is 5.57 Å². The maximum absolute atomic E-state index is 12.1. The van der Waals surface area contributed by atoms with Gasteiger partial charge in [0, 0.05) is 6.54 Å². The first-order valence-corrected chi connectivity index (χ1v) is 6.92. The standard InChI is InChI=1S/C15H21N3O3/c1-15(2,3)21-14(19)18-7-5-6-11(10-18)12-8-17-13(20-4)9-16-12/h6,8-9H,5,7,10H2,1-4H3. The van der Waals surface area contributed by atoms with Crippen LogP contribution in [-0.2, 0) is 4.74 Å². The van der Waals surface area contributed by atoms with Crippen molar-refractivity contribution in [1.82, 2.24) is 14.9 Å². The second-order valence-electron chi connectivity index (χ2n) is 5.86. The minimum Gasteiger partial charge on any atom is -0.480 e. The SMILES string of the molecule is COc1cnc(C2=CCCN(C(=O)OC(C)(C)C)C2)cn1. The van der Waals surface area contributed by atoms with E-state index in [4.69, 9.17) is 9.47 Å². The average molecular weight is 291 g/mol. The molecule has 0 spiro atoms. The number of hydrogen-bond acceptors (Lipinski definition) is 5. The molecule has 114 valence electrons. The highest BCUT2D eigenvalue weighted by Crippen LogP contribution is 2.21. The van der Waals surface area contributed by atoms with E-state index in [-0.39, 0.29) is 6.09 Å². The first-order valence-electron chi connectivity index (χ1n) is 6.92. The van der Waals surface area contributed by atoms with Crippen molar-refractivity contribution in [2.24, 2.45) is 0 Å². The van der Waals surface area contributed by atoms with E-state index in [9.17, 15) is 4.79 Å². The molecule has 2 heterocycles. The van der Waals surface area contributed by atoms with Crippen molar-refractivity contribution in [3.05, 3.63) is 24.2 Å². The number of methoxy groups -OCH3 is 1. The molecule has 0 radical (unpaired) electrons. The normalized spacial score (nSPS) is 15.4. The topological polar surface area (TPSA) is 64.5 Å². The minimum absolute atomic E-state index is 0.297. The number of aromatic nitrogens is 2. The number of nitrogens with zero attached hydrogens (tertiary/aromatic N) is 3. The van der Waals surface area contributed by atoms with E-state index in [1.807, 2.05) is 20.8 Å². The Morgan fingerprint density at radius 2 is 2.05 bits per heavy atom. The second-order valence-corrected chi connectivity index (χ2v) is 5.86. The fraction of sp³-hybridized carbons (Fsp3) is 0.533. The molecular formula is C15H21N3O3. The van der Waals surface area contributed by atoms with E-state index >= 15 is 0 Å². The summed E-state index contributed by atoms with van der Waals surface area (Å²) in [6.07, 6.45) is 5.79. The Balaban J connectivity index is 2.06. The summed E-state index contributed by atoms with van der Waals surface area (Å²) in [5.41, 5.74) is 1.24. The van der Waals surface area contributed by atoms with Gasteiger partial charge in [-0.15, -0.1) is 0 Å². The number of rotatable bonds is 2. The lowest BCUT2D eigenvalue weighted by Gasteiger charge is -2.30. The molecule has 0 atom stereocenters. The molecule has 0 N–H and O–H groups in total. The number of carbonyl (C=O) groups is 1. The number of amides is 1. The van der Waals surface area contributed by atoms with Crippen molar-refractivity contribution >= 4 is 11.7 Å². The van der Waals surface area contributed by atoms with Gasteiger partial charge in [-0.3, -0.25) is 0 Å². The fourth-order valence-corrected chi connectivity index (χ4v) is 2.00. The summed E-state index contributed by atoms with van der Waals surface area (Å²) >= 11 is 0. The third kappa shape index (κ3) is 4.18. The van der Waals surface area contributed by atoms with Gasteiger partial charge in [0.2, 0.25) is 5.88 Å². The van der Waals surface area contributed by atoms with Gasteiger partial charge >= 0.3 is 6.09 Å². The van der Waals surface area contributed by atoms with Crippen LogP contribution in [0.2, 0.25) is 0 Å². The Morgan fingerprint density at radius 1 is 1.29 bits per heavy atom. The van der Waals surface area contributed by atoms with Crippen molar-refractivity contribution in [3.8, 4) is 5.88 Å². The summed E-state index contributed by atoms with van der Waals surface area (Å²) in [4.78, 5) is 22.2. The summed E-state index contributed by atoms with van der Waals surface area (Å²) in [6, 6.07) is 0. The molecule has 0 fully saturated rings.